The van der Waals surface area contributed by atoms with Crippen molar-refractivity contribution in [3.05, 3.63) is 17.5 Å². The molecule has 122 valence electrons. The van der Waals surface area contributed by atoms with Gasteiger partial charge in [-0.15, -0.1) is 4.28 Å². The maximum absolute atomic E-state index is 12.3. The third-order valence-electron chi connectivity index (χ3n) is 3.81. The van der Waals surface area contributed by atoms with Gasteiger partial charge in [0, 0.05) is 19.0 Å². The van der Waals surface area contributed by atoms with Crippen LogP contribution in [0.2, 0.25) is 0 Å². The van der Waals surface area contributed by atoms with Gasteiger partial charge in [0.25, 0.3) is 0 Å². The molecular weight excluding hydrogens is 316 g/mol. The SMILES string of the molecule is NCCc1cc([C@H]2CC[C@@H]3CN2C(=O)N3OS(=O)(=O)O)no1. The fourth-order valence-electron chi connectivity index (χ4n) is 2.89. The molecule has 22 heavy (non-hydrogen) atoms. The first-order valence-electron chi connectivity index (χ1n) is 6.81. The van der Waals surface area contributed by atoms with E-state index in [1.807, 2.05) is 0 Å². The average molecular weight is 332 g/mol. The molecule has 1 aromatic heterocycles. The topological polar surface area (TPSA) is 139 Å². The van der Waals surface area contributed by atoms with Crippen molar-refractivity contribution >= 4 is 16.4 Å². The van der Waals surface area contributed by atoms with Crippen LogP contribution in [0, 0.1) is 0 Å². The van der Waals surface area contributed by atoms with Crippen LogP contribution in [0.5, 0.6) is 0 Å². The molecule has 1 aromatic rings. The Balaban J connectivity index is 1.79. The zero-order valence-corrected chi connectivity index (χ0v) is 12.4. The summed E-state index contributed by atoms with van der Waals surface area (Å²) >= 11 is 0. The van der Waals surface area contributed by atoms with E-state index in [1.54, 1.807) is 6.07 Å². The van der Waals surface area contributed by atoms with Gasteiger partial charge in [0.1, 0.15) is 11.5 Å². The second kappa shape index (κ2) is 5.50. The van der Waals surface area contributed by atoms with Crippen molar-refractivity contribution in [1.82, 2.24) is 15.1 Å². The Hall–Kier alpha value is -1.69. The van der Waals surface area contributed by atoms with Crippen LogP contribution in [0.3, 0.4) is 0 Å². The van der Waals surface area contributed by atoms with Crippen LogP contribution in [0.25, 0.3) is 0 Å². The maximum Gasteiger partial charge on any atom is 0.418 e. The van der Waals surface area contributed by atoms with Gasteiger partial charge in [-0.25, -0.2) is 4.79 Å². The van der Waals surface area contributed by atoms with Crippen molar-refractivity contribution in [2.24, 2.45) is 5.73 Å². The first-order chi connectivity index (χ1) is 10.4. The normalized spacial score (nSPS) is 25.1. The summed E-state index contributed by atoms with van der Waals surface area (Å²) in [6.07, 6.45) is 1.67. The highest BCUT2D eigenvalue weighted by Gasteiger charge is 2.48. The largest absolute Gasteiger partial charge is 0.418 e. The van der Waals surface area contributed by atoms with E-state index >= 15 is 0 Å². The summed E-state index contributed by atoms with van der Waals surface area (Å²) in [6, 6.07) is 0.404. The molecule has 0 aliphatic carbocycles. The molecule has 2 saturated heterocycles. The lowest BCUT2D eigenvalue weighted by Crippen LogP contribution is -2.35. The number of rotatable bonds is 5. The lowest BCUT2D eigenvalue weighted by atomic mass is 9.98. The zero-order chi connectivity index (χ0) is 15.9. The molecule has 2 aliphatic rings. The number of amides is 2. The number of urea groups is 1. The van der Waals surface area contributed by atoms with E-state index in [2.05, 4.69) is 9.44 Å². The Morgan fingerprint density at radius 1 is 1.50 bits per heavy atom. The molecule has 2 amide bonds. The van der Waals surface area contributed by atoms with Crippen molar-refractivity contribution in [3.8, 4) is 0 Å². The Morgan fingerprint density at radius 2 is 2.27 bits per heavy atom. The molecule has 0 spiro atoms. The number of piperidine rings is 1. The van der Waals surface area contributed by atoms with E-state index in [0.29, 0.717) is 48.9 Å². The Labute approximate surface area is 126 Å². The summed E-state index contributed by atoms with van der Waals surface area (Å²) in [5, 5.41) is 4.66. The average Bonchev–Trinajstić information content (AvgIpc) is 2.99. The monoisotopic (exact) mass is 332 g/mol. The lowest BCUT2D eigenvalue weighted by Gasteiger charge is -2.28. The van der Waals surface area contributed by atoms with Gasteiger partial charge < -0.3 is 15.2 Å². The molecule has 2 fully saturated rings. The number of nitrogens with zero attached hydrogens (tertiary/aromatic N) is 3. The minimum absolute atomic E-state index is 0.304. The fourth-order valence-corrected chi connectivity index (χ4v) is 3.27. The summed E-state index contributed by atoms with van der Waals surface area (Å²) in [4.78, 5) is 13.7. The smallest absolute Gasteiger partial charge is 0.361 e. The second-order valence-corrected chi connectivity index (χ2v) is 6.27. The highest BCUT2D eigenvalue weighted by Crippen LogP contribution is 2.38. The van der Waals surface area contributed by atoms with Gasteiger partial charge in [-0.05, 0) is 19.4 Å². The Morgan fingerprint density at radius 3 is 2.95 bits per heavy atom. The number of hydroxylamine groups is 2. The van der Waals surface area contributed by atoms with Crippen molar-refractivity contribution in [3.63, 3.8) is 0 Å². The summed E-state index contributed by atoms with van der Waals surface area (Å²) < 4.78 is 39.9. The molecule has 11 heteroatoms. The van der Waals surface area contributed by atoms with E-state index in [0.717, 1.165) is 0 Å². The van der Waals surface area contributed by atoms with Gasteiger partial charge in [0.15, 0.2) is 0 Å². The van der Waals surface area contributed by atoms with E-state index in [1.165, 1.54) is 4.90 Å². The number of hydrogen-bond donors (Lipinski definition) is 2. The number of nitrogens with two attached hydrogens (primary N) is 1. The van der Waals surface area contributed by atoms with Crippen molar-refractivity contribution in [2.75, 3.05) is 13.1 Å². The highest BCUT2D eigenvalue weighted by atomic mass is 32.3. The summed E-state index contributed by atoms with van der Waals surface area (Å²) in [5.41, 5.74) is 6.05. The molecule has 3 rings (SSSR count). The minimum Gasteiger partial charge on any atom is -0.361 e. The van der Waals surface area contributed by atoms with Crippen LogP contribution in [0.1, 0.15) is 30.3 Å². The quantitative estimate of drug-likeness (QED) is 0.710. The van der Waals surface area contributed by atoms with Crippen LogP contribution in [-0.4, -0.2) is 53.3 Å². The van der Waals surface area contributed by atoms with E-state index in [-0.39, 0.29) is 6.04 Å². The molecule has 0 radical (unpaired) electrons. The molecular formula is C11H16N4O6S. The number of carbonyl (C=O) groups is 1. The molecule has 2 bridgehead atoms. The zero-order valence-electron chi connectivity index (χ0n) is 11.6. The van der Waals surface area contributed by atoms with Gasteiger partial charge in [-0.3, -0.25) is 4.55 Å². The summed E-state index contributed by atoms with van der Waals surface area (Å²) in [6.45, 7) is 0.734. The lowest BCUT2D eigenvalue weighted by molar-refractivity contribution is -0.0317. The van der Waals surface area contributed by atoms with Crippen LogP contribution >= 0.6 is 0 Å². The third-order valence-corrected chi connectivity index (χ3v) is 4.16. The molecule has 0 aromatic carbocycles. The van der Waals surface area contributed by atoms with Crippen LogP contribution in [-0.2, 0) is 21.1 Å². The molecule has 0 saturated carbocycles. The van der Waals surface area contributed by atoms with Gasteiger partial charge in [0.05, 0.1) is 12.1 Å². The van der Waals surface area contributed by atoms with E-state index in [9.17, 15) is 13.2 Å². The predicted octanol–water partition coefficient (Wildman–Crippen LogP) is -0.149. The first-order valence-corrected chi connectivity index (χ1v) is 8.18. The minimum atomic E-state index is -4.73. The van der Waals surface area contributed by atoms with Crippen LogP contribution in [0.4, 0.5) is 4.79 Å². The predicted molar refractivity (Wildman–Crippen MR) is 71.6 cm³/mol. The van der Waals surface area contributed by atoms with Crippen molar-refractivity contribution in [1.29, 1.82) is 0 Å². The fraction of sp³-hybridized carbons (Fsp3) is 0.636. The standard InChI is InChI=1S/C11H16N4O6S/c12-4-3-8-5-9(13-20-8)10-2-1-7-6-14(10)11(16)15(7)21-22(17,18)19/h5,7,10H,1-4,6,12H2,(H,17,18,19)/t7-,10-/m1/s1. The van der Waals surface area contributed by atoms with Gasteiger partial charge in [-0.2, -0.15) is 13.5 Å². The summed E-state index contributed by atoms with van der Waals surface area (Å²) in [5.74, 6) is 0.636. The molecule has 3 heterocycles. The second-order valence-electron chi connectivity index (χ2n) is 5.27. The number of fused-ring (bicyclic) bond motifs is 2. The first kappa shape index (κ1) is 15.2. The van der Waals surface area contributed by atoms with Crippen LogP contribution < -0.4 is 5.73 Å². The van der Waals surface area contributed by atoms with Gasteiger partial charge in [0.2, 0.25) is 0 Å². The maximum atomic E-state index is 12.3. The molecule has 3 N–H and O–H groups in total. The highest BCUT2D eigenvalue weighted by molar-refractivity contribution is 7.80. The third kappa shape index (κ3) is 2.79. The molecule has 0 unspecified atom stereocenters. The van der Waals surface area contributed by atoms with Gasteiger partial charge in [-0.1, -0.05) is 5.16 Å². The number of hydrogen-bond acceptors (Lipinski definition) is 7. The molecule has 2 aliphatic heterocycles. The van der Waals surface area contributed by atoms with Crippen LogP contribution in [0.15, 0.2) is 10.6 Å². The van der Waals surface area contributed by atoms with Gasteiger partial charge >= 0.3 is 16.4 Å². The van der Waals surface area contributed by atoms with Crippen molar-refractivity contribution in [2.45, 2.75) is 31.3 Å². The number of aromatic nitrogens is 1. The van der Waals surface area contributed by atoms with E-state index in [4.69, 9.17) is 14.8 Å². The molecule has 2 atom stereocenters. The Bertz CT molecular complexity index is 674. The number of carbonyl (C=O) groups excluding carboxylic acids is 1. The summed E-state index contributed by atoms with van der Waals surface area (Å²) in [7, 11) is -4.73. The Kier molecular flexibility index (Phi) is 3.80. The van der Waals surface area contributed by atoms with Crippen molar-refractivity contribution < 1.29 is 26.6 Å². The molecule has 10 nitrogen and oxygen atoms in total. The van der Waals surface area contributed by atoms with E-state index < -0.39 is 22.5 Å².